The lowest BCUT2D eigenvalue weighted by molar-refractivity contribution is -0.137. The van der Waals surface area contributed by atoms with Gasteiger partial charge in [-0.25, -0.2) is 0 Å². The van der Waals surface area contributed by atoms with Gasteiger partial charge in [-0.15, -0.1) is 0 Å². The summed E-state index contributed by atoms with van der Waals surface area (Å²) in [6, 6.07) is 7.52. The van der Waals surface area contributed by atoms with Gasteiger partial charge in [-0.1, -0.05) is 25.1 Å². The highest BCUT2D eigenvalue weighted by molar-refractivity contribution is 5.97. The molecule has 20 heavy (non-hydrogen) atoms. The summed E-state index contributed by atoms with van der Waals surface area (Å²) in [5.74, 6) is -1.19. The van der Waals surface area contributed by atoms with E-state index >= 15 is 0 Å². The third-order valence-corrected chi connectivity index (χ3v) is 3.88. The Kier molecular flexibility index (Phi) is 4.39. The number of nitrogens with zero attached hydrogens (tertiary/aromatic N) is 1. The molecule has 1 heterocycles. The highest BCUT2D eigenvalue weighted by Gasteiger charge is 2.35. The molecule has 0 fully saturated rings. The second-order valence-corrected chi connectivity index (χ2v) is 5.14. The van der Waals surface area contributed by atoms with Crippen LogP contribution in [0, 0.1) is 5.92 Å². The first-order valence-electron chi connectivity index (χ1n) is 6.90. The number of hydrogen-bond donors (Lipinski definition) is 2. The lowest BCUT2D eigenvalue weighted by Gasteiger charge is -2.22. The Morgan fingerprint density at radius 1 is 1.45 bits per heavy atom. The van der Waals surface area contributed by atoms with Gasteiger partial charge in [0.05, 0.1) is 12.3 Å². The Balaban J connectivity index is 2.29. The molecule has 1 aromatic carbocycles. The predicted molar refractivity (Wildman–Crippen MR) is 76.6 cm³/mol. The smallest absolute Gasteiger partial charge is 0.304 e. The molecule has 0 saturated heterocycles. The molecule has 2 atom stereocenters. The number of carbonyl (C=O) groups is 2. The Labute approximate surface area is 118 Å². The van der Waals surface area contributed by atoms with Crippen LogP contribution in [-0.4, -0.2) is 30.1 Å². The lowest BCUT2D eigenvalue weighted by Crippen LogP contribution is -2.38. The van der Waals surface area contributed by atoms with Gasteiger partial charge < -0.3 is 15.7 Å². The van der Waals surface area contributed by atoms with Crippen molar-refractivity contribution in [2.24, 2.45) is 11.7 Å². The minimum absolute atomic E-state index is 0.00432. The minimum Gasteiger partial charge on any atom is -0.481 e. The fourth-order valence-corrected chi connectivity index (χ4v) is 2.75. The summed E-state index contributed by atoms with van der Waals surface area (Å²) >= 11 is 0. The van der Waals surface area contributed by atoms with E-state index in [4.69, 9.17) is 10.8 Å². The third kappa shape index (κ3) is 2.67. The summed E-state index contributed by atoms with van der Waals surface area (Å²) in [4.78, 5) is 25.2. The zero-order valence-electron chi connectivity index (χ0n) is 11.6. The summed E-state index contributed by atoms with van der Waals surface area (Å²) in [7, 11) is 0. The molecular formula is C15H20N2O3. The molecule has 2 unspecified atom stereocenters. The number of aliphatic carboxylic acids is 1. The van der Waals surface area contributed by atoms with Crippen LogP contribution in [0.1, 0.15) is 31.2 Å². The molecule has 5 nitrogen and oxygen atoms in total. The number of benzene rings is 1. The van der Waals surface area contributed by atoms with Crippen molar-refractivity contribution in [3.63, 3.8) is 0 Å². The Bertz CT molecular complexity index is 512. The maximum Gasteiger partial charge on any atom is 0.304 e. The van der Waals surface area contributed by atoms with Crippen LogP contribution in [0.5, 0.6) is 0 Å². The largest absolute Gasteiger partial charge is 0.481 e. The summed E-state index contributed by atoms with van der Waals surface area (Å²) in [6.07, 6.45) is 0.734. The van der Waals surface area contributed by atoms with Gasteiger partial charge in [0.15, 0.2) is 0 Å². The van der Waals surface area contributed by atoms with Crippen LogP contribution in [0.15, 0.2) is 24.3 Å². The van der Waals surface area contributed by atoms with Crippen LogP contribution in [0.2, 0.25) is 0 Å². The van der Waals surface area contributed by atoms with E-state index < -0.39 is 5.97 Å². The van der Waals surface area contributed by atoms with Crippen molar-refractivity contribution >= 4 is 17.6 Å². The molecule has 0 saturated carbocycles. The molecule has 108 valence electrons. The summed E-state index contributed by atoms with van der Waals surface area (Å²) in [6.45, 7) is 2.69. The third-order valence-electron chi connectivity index (χ3n) is 3.88. The van der Waals surface area contributed by atoms with E-state index in [2.05, 4.69) is 0 Å². The zero-order chi connectivity index (χ0) is 14.7. The topological polar surface area (TPSA) is 83.6 Å². The Morgan fingerprint density at radius 3 is 2.75 bits per heavy atom. The molecule has 0 aliphatic carbocycles. The fraction of sp³-hybridized carbons (Fsp3) is 0.467. The first kappa shape index (κ1) is 14.5. The van der Waals surface area contributed by atoms with Crippen LogP contribution in [0.3, 0.4) is 0 Å². The van der Waals surface area contributed by atoms with Crippen LogP contribution in [0.4, 0.5) is 5.69 Å². The van der Waals surface area contributed by atoms with E-state index in [1.807, 2.05) is 31.2 Å². The highest BCUT2D eigenvalue weighted by Crippen LogP contribution is 2.38. The van der Waals surface area contributed by atoms with Gasteiger partial charge in [0.1, 0.15) is 0 Å². The zero-order valence-corrected chi connectivity index (χ0v) is 11.6. The molecule has 5 heteroatoms. The van der Waals surface area contributed by atoms with Gasteiger partial charge in [0.2, 0.25) is 5.91 Å². The average molecular weight is 276 g/mol. The van der Waals surface area contributed by atoms with Crippen molar-refractivity contribution in [3.8, 4) is 0 Å². The molecule has 2 rings (SSSR count). The quantitative estimate of drug-likeness (QED) is 0.855. The van der Waals surface area contributed by atoms with Gasteiger partial charge in [0.25, 0.3) is 0 Å². The maximum atomic E-state index is 12.5. The van der Waals surface area contributed by atoms with Crippen LogP contribution < -0.4 is 10.6 Å². The van der Waals surface area contributed by atoms with Crippen molar-refractivity contribution in [3.05, 3.63) is 29.8 Å². The summed E-state index contributed by atoms with van der Waals surface area (Å²) in [5.41, 5.74) is 7.41. The SMILES string of the molecule is CCC(CN)C(=O)N1CC(CC(=O)O)c2ccccc21. The summed E-state index contributed by atoms with van der Waals surface area (Å²) < 4.78 is 0. The number of rotatable bonds is 5. The van der Waals surface area contributed by atoms with E-state index in [0.717, 1.165) is 11.3 Å². The molecule has 1 amide bonds. The van der Waals surface area contributed by atoms with Gasteiger partial charge >= 0.3 is 5.97 Å². The normalized spacial score (nSPS) is 18.7. The van der Waals surface area contributed by atoms with Gasteiger partial charge in [-0.2, -0.15) is 0 Å². The molecular weight excluding hydrogens is 256 g/mol. The number of para-hydroxylation sites is 1. The fourth-order valence-electron chi connectivity index (χ4n) is 2.75. The summed E-state index contributed by atoms with van der Waals surface area (Å²) in [5, 5.41) is 9.00. The molecule has 1 aliphatic heterocycles. The van der Waals surface area contributed by atoms with E-state index in [1.165, 1.54) is 0 Å². The molecule has 1 aromatic rings. The van der Waals surface area contributed by atoms with Crippen molar-refractivity contribution in [1.29, 1.82) is 0 Å². The van der Waals surface area contributed by atoms with Crippen LogP contribution >= 0.6 is 0 Å². The number of nitrogens with two attached hydrogens (primary N) is 1. The van der Waals surface area contributed by atoms with E-state index in [0.29, 0.717) is 19.5 Å². The van der Waals surface area contributed by atoms with Gasteiger partial charge in [-0.05, 0) is 18.1 Å². The van der Waals surface area contributed by atoms with Crippen molar-refractivity contribution < 1.29 is 14.7 Å². The van der Waals surface area contributed by atoms with Gasteiger partial charge in [0, 0.05) is 24.7 Å². The molecule has 1 aliphatic rings. The second-order valence-electron chi connectivity index (χ2n) is 5.14. The van der Waals surface area contributed by atoms with Crippen LogP contribution in [-0.2, 0) is 9.59 Å². The number of carboxylic acid groups (broad SMARTS) is 1. The van der Waals surface area contributed by atoms with Gasteiger partial charge in [-0.3, -0.25) is 9.59 Å². The van der Waals surface area contributed by atoms with Crippen LogP contribution in [0.25, 0.3) is 0 Å². The molecule has 0 spiro atoms. The minimum atomic E-state index is -0.843. The molecule has 0 radical (unpaired) electrons. The molecule has 0 bridgehead atoms. The van der Waals surface area contributed by atoms with E-state index in [9.17, 15) is 9.59 Å². The number of carbonyl (C=O) groups excluding carboxylic acids is 1. The molecule has 3 N–H and O–H groups in total. The van der Waals surface area contributed by atoms with E-state index in [-0.39, 0.29) is 24.2 Å². The highest BCUT2D eigenvalue weighted by atomic mass is 16.4. The second kappa shape index (κ2) is 6.05. The number of hydrogen-bond acceptors (Lipinski definition) is 3. The maximum absolute atomic E-state index is 12.5. The average Bonchev–Trinajstić information content (AvgIpc) is 2.78. The number of anilines is 1. The number of fused-ring (bicyclic) bond motifs is 1. The monoisotopic (exact) mass is 276 g/mol. The Hall–Kier alpha value is -1.88. The number of amides is 1. The van der Waals surface area contributed by atoms with Crippen molar-refractivity contribution in [2.45, 2.75) is 25.7 Å². The predicted octanol–water partition coefficient (Wildman–Crippen LogP) is 1.58. The lowest BCUT2D eigenvalue weighted by atomic mass is 9.98. The first-order valence-corrected chi connectivity index (χ1v) is 6.90. The van der Waals surface area contributed by atoms with Crippen molar-refractivity contribution in [2.75, 3.05) is 18.0 Å². The van der Waals surface area contributed by atoms with E-state index in [1.54, 1.807) is 4.90 Å². The first-order chi connectivity index (χ1) is 9.58. The molecule has 0 aromatic heterocycles. The standard InChI is InChI=1S/C15H20N2O3/c1-2-10(8-16)15(20)17-9-11(7-14(18)19)12-5-3-4-6-13(12)17/h3-6,10-11H,2,7-9,16H2,1H3,(H,18,19). The number of carboxylic acids is 1. The Morgan fingerprint density at radius 2 is 2.15 bits per heavy atom. The van der Waals surface area contributed by atoms with Crippen molar-refractivity contribution in [1.82, 2.24) is 0 Å².